The molecule has 0 aromatic rings. The van der Waals surface area contributed by atoms with Gasteiger partial charge in [-0.15, -0.1) is 0 Å². The number of aliphatic hydroxyl groups excluding tert-OH is 1. The summed E-state index contributed by atoms with van der Waals surface area (Å²) in [4.78, 5) is 0. The largest absolute Gasteiger partial charge is 0.417 e. The maximum atomic E-state index is 11.9. The van der Waals surface area contributed by atoms with E-state index in [1.807, 2.05) is 0 Å². The van der Waals surface area contributed by atoms with Crippen molar-refractivity contribution < 1.29 is 27.8 Å². The van der Waals surface area contributed by atoms with Crippen LogP contribution in [-0.2, 0) is 9.47 Å². The summed E-state index contributed by atoms with van der Waals surface area (Å²) in [6, 6.07) is 0. The first kappa shape index (κ1) is 15.4. The first-order chi connectivity index (χ1) is 7.41. The van der Waals surface area contributed by atoms with E-state index in [1.165, 1.54) is 6.08 Å². The second-order valence-electron chi connectivity index (χ2n) is 2.99. The van der Waals surface area contributed by atoms with Gasteiger partial charge < -0.3 is 14.6 Å². The van der Waals surface area contributed by atoms with Crippen LogP contribution >= 0.6 is 0 Å². The summed E-state index contributed by atoms with van der Waals surface area (Å²) in [6.45, 7) is 4.36. The van der Waals surface area contributed by atoms with Crippen molar-refractivity contribution in [3.05, 3.63) is 12.2 Å². The Morgan fingerprint density at radius 1 is 1.19 bits per heavy atom. The third-order valence-corrected chi connectivity index (χ3v) is 1.69. The first-order valence-corrected chi connectivity index (χ1v) is 5.06. The minimum absolute atomic E-state index is 0.175. The average Bonchev–Trinajstić information content (AvgIpc) is 2.16. The van der Waals surface area contributed by atoms with Crippen molar-refractivity contribution in [2.75, 3.05) is 13.2 Å². The minimum Gasteiger partial charge on any atom is -0.380 e. The summed E-state index contributed by atoms with van der Waals surface area (Å²) in [5.41, 5.74) is 0. The van der Waals surface area contributed by atoms with Gasteiger partial charge in [0.15, 0.2) is 12.4 Å². The minimum atomic E-state index is -4.62. The fourth-order valence-electron chi connectivity index (χ4n) is 0.984. The molecule has 1 atom stereocenters. The molecule has 0 fully saturated rings. The molecule has 16 heavy (non-hydrogen) atoms. The van der Waals surface area contributed by atoms with Crippen LogP contribution in [-0.4, -0.2) is 36.9 Å². The van der Waals surface area contributed by atoms with Crippen LogP contribution in [0.4, 0.5) is 13.2 Å². The van der Waals surface area contributed by atoms with Gasteiger partial charge in [0.2, 0.25) is 0 Å². The Morgan fingerprint density at radius 2 is 1.69 bits per heavy atom. The van der Waals surface area contributed by atoms with E-state index in [0.717, 1.165) is 0 Å². The number of ether oxygens (including phenoxy) is 2. The molecule has 0 saturated heterocycles. The highest BCUT2D eigenvalue weighted by molar-refractivity contribution is 4.92. The van der Waals surface area contributed by atoms with Gasteiger partial charge in [-0.1, -0.05) is 12.2 Å². The van der Waals surface area contributed by atoms with Crippen molar-refractivity contribution >= 4 is 0 Å². The second kappa shape index (κ2) is 7.65. The highest BCUT2D eigenvalue weighted by atomic mass is 19.4. The monoisotopic (exact) mass is 242 g/mol. The maximum Gasteiger partial charge on any atom is 0.417 e. The van der Waals surface area contributed by atoms with Gasteiger partial charge in [-0.3, -0.25) is 0 Å². The first-order valence-electron chi connectivity index (χ1n) is 5.06. The molecule has 0 unspecified atom stereocenters. The van der Waals surface area contributed by atoms with Gasteiger partial charge in [-0.2, -0.15) is 13.2 Å². The topological polar surface area (TPSA) is 38.7 Å². The maximum absolute atomic E-state index is 11.9. The molecule has 0 bridgehead atoms. The third kappa shape index (κ3) is 6.81. The van der Waals surface area contributed by atoms with Crippen LogP contribution in [0.5, 0.6) is 0 Å². The van der Waals surface area contributed by atoms with Crippen LogP contribution in [0, 0.1) is 0 Å². The lowest BCUT2D eigenvalue weighted by atomic mass is 10.2. The van der Waals surface area contributed by atoms with Gasteiger partial charge in [0.1, 0.15) is 0 Å². The molecule has 0 aliphatic rings. The molecule has 0 aliphatic heterocycles. The molecule has 0 radical (unpaired) electrons. The molecule has 96 valence electrons. The average molecular weight is 242 g/mol. The highest BCUT2D eigenvalue weighted by Gasteiger charge is 2.36. The summed E-state index contributed by atoms with van der Waals surface area (Å²) >= 11 is 0. The number of hydrogen-bond acceptors (Lipinski definition) is 3. The summed E-state index contributed by atoms with van der Waals surface area (Å²) < 4.78 is 45.9. The molecule has 0 aromatic carbocycles. The fraction of sp³-hybridized carbons (Fsp3) is 0.800. The van der Waals surface area contributed by atoms with Gasteiger partial charge in [-0.05, 0) is 13.8 Å². The number of aliphatic hydroxyl groups is 1. The van der Waals surface area contributed by atoms with Crippen molar-refractivity contribution in [1.82, 2.24) is 0 Å². The van der Waals surface area contributed by atoms with Crippen molar-refractivity contribution in [3.63, 3.8) is 0 Å². The van der Waals surface area contributed by atoms with Crippen molar-refractivity contribution in [2.45, 2.75) is 38.8 Å². The van der Waals surface area contributed by atoms with Crippen LogP contribution in [0.2, 0.25) is 0 Å². The van der Waals surface area contributed by atoms with Crippen LogP contribution in [0.25, 0.3) is 0 Å². The van der Waals surface area contributed by atoms with E-state index < -0.39 is 18.6 Å². The van der Waals surface area contributed by atoms with E-state index in [2.05, 4.69) is 0 Å². The molecule has 0 heterocycles. The van der Waals surface area contributed by atoms with Crippen LogP contribution in [0.3, 0.4) is 0 Å². The molecular formula is C10H17F3O3. The van der Waals surface area contributed by atoms with Gasteiger partial charge in [0.25, 0.3) is 0 Å². The predicted octanol–water partition coefficient (Wildman–Crippen LogP) is 2.25. The molecule has 1 N–H and O–H groups in total. The third-order valence-electron chi connectivity index (χ3n) is 1.69. The number of rotatable bonds is 7. The van der Waals surface area contributed by atoms with Gasteiger partial charge >= 0.3 is 6.18 Å². The summed E-state index contributed by atoms with van der Waals surface area (Å²) in [5.74, 6) is 0. The molecule has 3 nitrogen and oxygen atoms in total. The molecule has 0 spiro atoms. The van der Waals surface area contributed by atoms with E-state index in [4.69, 9.17) is 14.6 Å². The second-order valence-corrected chi connectivity index (χ2v) is 2.99. The fourth-order valence-corrected chi connectivity index (χ4v) is 0.984. The molecule has 0 aromatic heterocycles. The van der Waals surface area contributed by atoms with Gasteiger partial charge in [-0.25, -0.2) is 0 Å². The van der Waals surface area contributed by atoms with E-state index in [0.29, 0.717) is 19.3 Å². The number of alkyl halides is 3. The number of halogens is 3. The Hall–Kier alpha value is -0.590. The smallest absolute Gasteiger partial charge is 0.380 e. The van der Waals surface area contributed by atoms with E-state index >= 15 is 0 Å². The Kier molecular flexibility index (Phi) is 7.36. The predicted molar refractivity (Wildman–Crippen MR) is 52.9 cm³/mol. The Morgan fingerprint density at radius 3 is 2.06 bits per heavy atom. The SMILES string of the molecule is CCOC(C/C=C/[C@@H](O)C(F)(F)F)OCC. The Labute approximate surface area is 92.9 Å². The van der Waals surface area contributed by atoms with Crippen LogP contribution < -0.4 is 0 Å². The molecule has 0 rings (SSSR count). The zero-order valence-electron chi connectivity index (χ0n) is 9.33. The Balaban J connectivity index is 4.03. The normalized spacial score (nSPS) is 14.9. The van der Waals surface area contributed by atoms with E-state index in [-0.39, 0.29) is 6.42 Å². The number of hydrogen-bond donors (Lipinski definition) is 1. The molecule has 6 heteroatoms. The van der Waals surface area contributed by atoms with Crippen molar-refractivity contribution in [1.29, 1.82) is 0 Å². The molecule has 0 saturated carbocycles. The molecule has 0 amide bonds. The standard InChI is InChI=1S/C10H17F3O3/c1-3-15-9(16-4-2)7-5-6-8(14)10(11,12)13/h5-6,8-9,14H,3-4,7H2,1-2H3/b6-5+/t8-/m1/s1. The van der Waals surface area contributed by atoms with E-state index in [1.54, 1.807) is 13.8 Å². The zero-order chi connectivity index (χ0) is 12.6. The summed E-state index contributed by atoms with van der Waals surface area (Å²) in [6.07, 6.45) is -5.56. The zero-order valence-corrected chi connectivity index (χ0v) is 9.33. The van der Waals surface area contributed by atoms with Crippen LogP contribution in [0.1, 0.15) is 20.3 Å². The summed E-state index contributed by atoms with van der Waals surface area (Å²) in [5, 5.41) is 8.66. The summed E-state index contributed by atoms with van der Waals surface area (Å²) in [7, 11) is 0. The molecular weight excluding hydrogens is 225 g/mol. The lowest BCUT2D eigenvalue weighted by Crippen LogP contribution is -2.26. The van der Waals surface area contributed by atoms with Crippen molar-refractivity contribution in [2.24, 2.45) is 0 Å². The van der Waals surface area contributed by atoms with Gasteiger partial charge in [0, 0.05) is 19.6 Å². The lowest BCUT2D eigenvalue weighted by Gasteiger charge is -2.15. The quantitative estimate of drug-likeness (QED) is 0.549. The molecule has 0 aliphatic carbocycles. The lowest BCUT2D eigenvalue weighted by molar-refractivity contribution is -0.188. The van der Waals surface area contributed by atoms with E-state index in [9.17, 15) is 13.2 Å². The Bertz CT molecular complexity index is 198. The van der Waals surface area contributed by atoms with Gasteiger partial charge in [0.05, 0.1) is 0 Å². The highest BCUT2D eigenvalue weighted by Crippen LogP contribution is 2.20. The van der Waals surface area contributed by atoms with Crippen LogP contribution in [0.15, 0.2) is 12.2 Å². The van der Waals surface area contributed by atoms with Crippen molar-refractivity contribution in [3.8, 4) is 0 Å².